The number of nitrogens with zero attached hydrogens (tertiary/aromatic N) is 3. The molecule has 23 heavy (non-hydrogen) atoms. The van der Waals surface area contributed by atoms with Crippen molar-refractivity contribution in [3.05, 3.63) is 59.1 Å². The van der Waals surface area contributed by atoms with Crippen molar-refractivity contribution in [1.29, 1.82) is 0 Å². The Morgan fingerprint density at radius 2 is 2.13 bits per heavy atom. The number of thiazole rings is 1. The molecule has 1 atom stereocenters. The van der Waals surface area contributed by atoms with Gasteiger partial charge in [0.05, 0.1) is 18.6 Å². The first-order chi connectivity index (χ1) is 11.2. The van der Waals surface area contributed by atoms with Crippen LogP contribution in [0.4, 0.5) is 5.13 Å². The fraction of sp³-hybridized carbons (Fsp3) is 0.188. The van der Waals surface area contributed by atoms with Crippen LogP contribution in [0, 0.1) is 0 Å². The van der Waals surface area contributed by atoms with Crippen LogP contribution in [0.1, 0.15) is 28.5 Å². The molecule has 3 heterocycles. The Labute approximate surface area is 137 Å². The van der Waals surface area contributed by atoms with Crippen molar-refractivity contribution in [2.75, 3.05) is 5.73 Å². The van der Waals surface area contributed by atoms with Crippen LogP contribution >= 0.6 is 11.3 Å². The number of nitrogen functional groups attached to an aromatic ring is 1. The number of fused-ring (bicyclic) bond motifs is 1. The van der Waals surface area contributed by atoms with Crippen LogP contribution in [-0.4, -0.2) is 20.4 Å². The molecule has 0 bridgehead atoms. The highest BCUT2D eigenvalue weighted by Gasteiger charge is 2.27. The number of hydrogen-bond donors (Lipinski definition) is 2. The fourth-order valence-electron chi connectivity index (χ4n) is 2.87. The zero-order valence-corrected chi connectivity index (χ0v) is 13.1. The van der Waals surface area contributed by atoms with Gasteiger partial charge in [-0.15, -0.1) is 11.3 Å². The number of imidazole rings is 1. The topological polar surface area (TPSA) is 85.8 Å². The molecule has 6 nitrogen and oxygen atoms in total. The summed E-state index contributed by atoms with van der Waals surface area (Å²) in [6.07, 6.45) is 5.82. The second kappa shape index (κ2) is 5.51. The zero-order chi connectivity index (χ0) is 15.8. The van der Waals surface area contributed by atoms with Gasteiger partial charge in [-0.3, -0.25) is 4.79 Å². The van der Waals surface area contributed by atoms with Gasteiger partial charge in [0.1, 0.15) is 0 Å². The molecule has 116 valence electrons. The molecular formula is C16H15N5OS. The Balaban J connectivity index is 1.72. The first kappa shape index (κ1) is 14.0. The highest BCUT2D eigenvalue weighted by molar-refractivity contribution is 7.15. The Bertz CT molecular complexity index is 838. The summed E-state index contributed by atoms with van der Waals surface area (Å²) in [5.74, 6) is 0.0385. The van der Waals surface area contributed by atoms with Crippen molar-refractivity contribution in [3.8, 4) is 5.69 Å². The minimum Gasteiger partial charge on any atom is -0.375 e. The minimum atomic E-state index is -0.000799. The molecule has 3 aromatic rings. The highest BCUT2D eigenvalue weighted by Crippen LogP contribution is 2.37. The maximum absolute atomic E-state index is 12.0. The summed E-state index contributed by atoms with van der Waals surface area (Å²) < 4.78 is 1.94. The number of benzene rings is 1. The number of carbonyl (C=O) groups excluding carboxylic acids is 1. The summed E-state index contributed by atoms with van der Waals surface area (Å²) in [6, 6.07) is 8.17. The van der Waals surface area contributed by atoms with Crippen LogP contribution in [0.15, 0.2) is 43.0 Å². The fourth-order valence-corrected chi connectivity index (χ4v) is 3.85. The van der Waals surface area contributed by atoms with Gasteiger partial charge in [0, 0.05) is 35.3 Å². The number of amides is 1. The number of carbonyl (C=O) groups is 1. The lowest BCUT2D eigenvalue weighted by molar-refractivity contribution is -0.121. The van der Waals surface area contributed by atoms with Gasteiger partial charge in [-0.05, 0) is 17.7 Å². The van der Waals surface area contributed by atoms with Crippen molar-refractivity contribution in [1.82, 2.24) is 19.9 Å². The quantitative estimate of drug-likeness (QED) is 0.755. The molecule has 0 spiro atoms. The molecule has 0 saturated carbocycles. The van der Waals surface area contributed by atoms with E-state index in [0.29, 0.717) is 18.1 Å². The van der Waals surface area contributed by atoms with Crippen molar-refractivity contribution >= 4 is 22.4 Å². The van der Waals surface area contributed by atoms with Gasteiger partial charge in [0.2, 0.25) is 5.91 Å². The number of nitrogens with two attached hydrogens (primary N) is 1. The van der Waals surface area contributed by atoms with Gasteiger partial charge in [-0.25, -0.2) is 9.97 Å². The normalized spacial score (nSPS) is 17.4. The number of hydrogen-bond acceptors (Lipinski definition) is 5. The van der Waals surface area contributed by atoms with Crippen LogP contribution in [0.3, 0.4) is 0 Å². The van der Waals surface area contributed by atoms with Crippen LogP contribution in [0.25, 0.3) is 5.69 Å². The van der Waals surface area contributed by atoms with E-state index in [2.05, 4.69) is 27.4 Å². The van der Waals surface area contributed by atoms with E-state index in [0.717, 1.165) is 21.8 Å². The SMILES string of the molecule is Nc1nc2c(s1)[C@H](c1ccc(-n3ccnc3)cc1)CC(=O)NC2. The molecule has 1 amide bonds. The van der Waals surface area contributed by atoms with Crippen molar-refractivity contribution < 1.29 is 4.79 Å². The highest BCUT2D eigenvalue weighted by atomic mass is 32.1. The molecule has 0 saturated heterocycles. The molecule has 3 N–H and O–H groups in total. The molecule has 0 radical (unpaired) electrons. The summed E-state index contributed by atoms with van der Waals surface area (Å²) in [7, 11) is 0. The van der Waals surface area contributed by atoms with E-state index in [1.54, 1.807) is 12.5 Å². The minimum absolute atomic E-state index is 0.000799. The van der Waals surface area contributed by atoms with Gasteiger partial charge in [-0.2, -0.15) is 0 Å². The van der Waals surface area contributed by atoms with E-state index >= 15 is 0 Å². The van der Waals surface area contributed by atoms with Crippen LogP contribution < -0.4 is 11.1 Å². The Kier molecular flexibility index (Phi) is 3.34. The lowest BCUT2D eigenvalue weighted by atomic mass is 9.93. The lowest BCUT2D eigenvalue weighted by Crippen LogP contribution is -2.21. The summed E-state index contributed by atoms with van der Waals surface area (Å²) in [4.78, 5) is 21.5. The predicted octanol–water partition coefficient (Wildman–Crippen LogP) is 2.06. The molecule has 1 aliphatic heterocycles. The largest absolute Gasteiger partial charge is 0.375 e. The summed E-state index contributed by atoms with van der Waals surface area (Å²) in [5, 5.41) is 3.43. The number of rotatable bonds is 2. The van der Waals surface area contributed by atoms with E-state index in [4.69, 9.17) is 5.73 Å². The number of anilines is 1. The zero-order valence-electron chi connectivity index (χ0n) is 12.3. The monoisotopic (exact) mass is 325 g/mol. The van der Waals surface area contributed by atoms with Gasteiger partial charge in [-0.1, -0.05) is 12.1 Å². The third-order valence-corrected chi connectivity index (χ3v) is 5.04. The first-order valence-corrected chi connectivity index (χ1v) is 8.12. The maximum Gasteiger partial charge on any atom is 0.221 e. The molecule has 2 aromatic heterocycles. The number of nitrogens with one attached hydrogen (secondary N) is 1. The van der Waals surface area contributed by atoms with Gasteiger partial charge in [0.25, 0.3) is 0 Å². The Hall–Kier alpha value is -2.67. The molecule has 7 heteroatoms. The smallest absolute Gasteiger partial charge is 0.221 e. The number of aromatic nitrogens is 3. The molecular weight excluding hydrogens is 310 g/mol. The third kappa shape index (κ3) is 2.59. The lowest BCUT2D eigenvalue weighted by Gasteiger charge is -2.14. The second-order valence-corrected chi connectivity index (χ2v) is 6.52. The van der Waals surface area contributed by atoms with Gasteiger partial charge in [0.15, 0.2) is 5.13 Å². The van der Waals surface area contributed by atoms with E-state index in [1.807, 2.05) is 22.9 Å². The molecule has 4 rings (SSSR count). The predicted molar refractivity (Wildman–Crippen MR) is 88.4 cm³/mol. The van der Waals surface area contributed by atoms with Crippen LogP contribution in [-0.2, 0) is 11.3 Å². The molecule has 0 fully saturated rings. The molecule has 0 unspecified atom stereocenters. The maximum atomic E-state index is 12.0. The van der Waals surface area contributed by atoms with Gasteiger partial charge >= 0.3 is 0 Å². The van der Waals surface area contributed by atoms with E-state index in [-0.39, 0.29) is 11.8 Å². The van der Waals surface area contributed by atoms with Crippen molar-refractivity contribution in [2.45, 2.75) is 18.9 Å². The average molecular weight is 325 g/mol. The summed E-state index contributed by atoms with van der Waals surface area (Å²) in [5.41, 5.74) is 8.86. The van der Waals surface area contributed by atoms with E-state index in [9.17, 15) is 4.79 Å². The standard InChI is InChI=1S/C16H15N5OS/c17-16-20-13-8-19-14(22)7-12(15(13)23-16)10-1-3-11(4-2-10)21-6-5-18-9-21/h1-6,9,12H,7-8H2,(H2,17,20)(H,19,22)/t12-/m0/s1. The van der Waals surface area contributed by atoms with Gasteiger partial charge < -0.3 is 15.6 Å². The molecule has 1 aromatic carbocycles. The van der Waals surface area contributed by atoms with Crippen LogP contribution in [0.5, 0.6) is 0 Å². The van der Waals surface area contributed by atoms with E-state index in [1.165, 1.54) is 11.3 Å². The molecule has 1 aliphatic rings. The Morgan fingerprint density at radius 1 is 1.30 bits per heavy atom. The summed E-state index contributed by atoms with van der Waals surface area (Å²) >= 11 is 1.47. The average Bonchev–Trinajstić information content (AvgIpc) is 3.18. The third-order valence-electron chi connectivity index (χ3n) is 4.00. The van der Waals surface area contributed by atoms with Crippen molar-refractivity contribution in [2.24, 2.45) is 0 Å². The first-order valence-electron chi connectivity index (χ1n) is 7.31. The summed E-state index contributed by atoms with van der Waals surface area (Å²) in [6.45, 7) is 0.450. The van der Waals surface area contributed by atoms with E-state index < -0.39 is 0 Å². The Morgan fingerprint density at radius 3 is 2.87 bits per heavy atom. The van der Waals surface area contributed by atoms with Crippen LogP contribution in [0.2, 0.25) is 0 Å². The van der Waals surface area contributed by atoms with Crippen molar-refractivity contribution in [3.63, 3.8) is 0 Å². The second-order valence-electron chi connectivity index (χ2n) is 5.46. The molecule has 0 aliphatic carbocycles.